The summed E-state index contributed by atoms with van der Waals surface area (Å²) in [6, 6.07) is 24.5. The molecule has 5 rings (SSSR count). The van der Waals surface area contributed by atoms with Crippen LogP contribution in [0.1, 0.15) is 48.4 Å². The Bertz CT molecular complexity index is 1040. The Morgan fingerprint density at radius 3 is 2.77 bits per heavy atom. The van der Waals surface area contributed by atoms with Crippen molar-refractivity contribution in [2.75, 3.05) is 13.1 Å². The predicted molar refractivity (Wildman–Crippen MR) is 123 cm³/mol. The number of aryl methyl sites for hydroxylation is 1. The van der Waals surface area contributed by atoms with Crippen molar-refractivity contribution >= 4 is 16.7 Å². The molecule has 0 radical (unpaired) electrons. The van der Waals surface area contributed by atoms with Crippen LogP contribution in [0, 0.1) is 0 Å². The van der Waals surface area contributed by atoms with E-state index in [9.17, 15) is 4.79 Å². The number of nitrogens with one attached hydrogen (secondary N) is 1. The highest BCUT2D eigenvalue weighted by Crippen LogP contribution is 2.31. The summed E-state index contributed by atoms with van der Waals surface area (Å²) in [4.78, 5) is 15.2. The maximum absolute atomic E-state index is 12.7. The molecule has 1 aliphatic heterocycles. The van der Waals surface area contributed by atoms with Crippen LogP contribution < -0.4 is 5.32 Å². The molecule has 1 amide bonds. The summed E-state index contributed by atoms with van der Waals surface area (Å²) in [6.07, 6.45) is 6.20. The van der Waals surface area contributed by atoms with Gasteiger partial charge < -0.3 is 5.32 Å². The smallest absolute Gasteiger partial charge is 0.221 e. The van der Waals surface area contributed by atoms with Crippen molar-refractivity contribution in [3.05, 3.63) is 83.4 Å². The van der Waals surface area contributed by atoms with Gasteiger partial charge in [0, 0.05) is 19.0 Å². The van der Waals surface area contributed by atoms with Crippen LogP contribution in [0.5, 0.6) is 0 Å². The molecule has 0 spiro atoms. The second kappa shape index (κ2) is 8.61. The molecule has 2 unspecified atom stereocenters. The number of carbonyl (C=O) groups excluding carboxylic acids is 1. The molecule has 1 heterocycles. The monoisotopic (exact) mass is 398 g/mol. The van der Waals surface area contributed by atoms with Gasteiger partial charge in [0.2, 0.25) is 5.91 Å². The van der Waals surface area contributed by atoms with E-state index in [1.54, 1.807) is 0 Å². The molecule has 154 valence electrons. The van der Waals surface area contributed by atoms with Gasteiger partial charge in [0.15, 0.2) is 0 Å². The Balaban J connectivity index is 1.19. The van der Waals surface area contributed by atoms with Crippen LogP contribution in [-0.2, 0) is 17.6 Å². The van der Waals surface area contributed by atoms with Gasteiger partial charge in [-0.3, -0.25) is 9.69 Å². The maximum Gasteiger partial charge on any atom is 0.221 e. The molecule has 1 fully saturated rings. The van der Waals surface area contributed by atoms with E-state index < -0.39 is 0 Å². The molecule has 1 saturated heterocycles. The summed E-state index contributed by atoms with van der Waals surface area (Å²) in [5, 5.41) is 5.96. The lowest BCUT2D eigenvalue weighted by Gasteiger charge is -2.25. The fourth-order valence-corrected chi connectivity index (χ4v) is 5.36. The van der Waals surface area contributed by atoms with Crippen molar-refractivity contribution in [2.45, 2.75) is 50.6 Å². The minimum absolute atomic E-state index is 0.188. The Hall–Kier alpha value is -2.65. The molecule has 1 aliphatic carbocycles. The number of amides is 1. The molecule has 0 aromatic heterocycles. The molecule has 2 atom stereocenters. The van der Waals surface area contributed by atoms with Crippen LogP contribution in [-0.4, -0.2) is 29.9 Å². The Labute approximate surface area is 179 Å². The maximum atomic E-state index is 12.7. The molecule has 0 saturated carbocycles. The van der Waals surface area contributed by atoms with Crippen LogP contribution in [0.25, 0.3) is 10.8 Å². The molecule has 30 heavy (non-hydrogen) atoms. The lowest BCUT2D eigenvalue weighted by atomic mass is 9.97. The molecule has 1 N–H and O–H groups in total. The van der Waals surface area contributed by atoms with Gasteiger partial charge in [0.25, 0.3) is 0 Å². The van der Waals surface area contributed by atoms with Crippen molar-refractivity contribution in [3.8, 4) is 0 Å². The van der Waals surface area contributed by atoms with Crippen molar-refractivity contribution in [1.29, 1.82) is 0 Å². The summed E-state index contributed by atoms with van der Waals surface area (Å²) >= 11 is 0. The number of carbonyl (C=O) groups is 1. The van der Waals surface area contributed by atoms with Gasteiger partial charge in [-0.25, -0.2) is 0 Å². The minimum Gasteiger partial charge on any atom is -0.349 e. The zero-order valence-electron chi connectivity index (χ0n) is 17.5. The number of rotatable bonds is 6. The number of fused-ring (bicyclic) bond motifs is 2. The molecule has 2 aliphatic rings. The van der Waals surface area contributed by atoms with E-state index in [0.29, 0.717) is 12.5 Å². The highest BCUT2D eigenvalue weighted by Gasteiger charge is 2.27. The van der Waals surface area contributed by atoms with E-state index in [0.717, 1.165) is 32.4 Å². The van der Waals surface area contributed by atoms with Crippen LogP contribution >= 0.6 is 0 Å². The van der Waals surface area contributed by atoms with Gasteiger partial charge in [-0.05, 0) is 66.1 Å². The summed E-state index contributed by atoms with van der Waals surface area (Å²) in [5.74, 6) is 0.188. The normalized spacial score (nSPS) is 21.1. The summed E-state index contributed by atoms with van der Waals surface area (Å²) in [6.45, 7) is 1.96. The quantitative estimate of drug-likeness (QED) is 0.631. The Morgan fingerprint density at radius 1 is 0.967 bits per heavy atom. The highest BCUT2D eigenvalue weighted by molar-refractivity contribution is 5.85. The molecule has 3 heteroatoms. The number of benzene rings is 3. The van der Waals surface area contributed by atoms with E-state index in [4.69, 9.17) is 0 Å². The molecule has 3 nitrogen and oxygen atoms in total. The average Bonchev–Trinajstić information content (AvgIpc) is 3.39. The SMILES string of the molecule is O=C(CCN1CCCC1Cc1cccc2ccccc12)NC1CCc2ccccc21. The molecular formula is C27H30N2O. The first kappa shape index (κ1) is 19.3. The van der Waals surface area contributed by atoms with Gasteiger partial charge in [-0.2, -0.15) is 0 Å². The van der Waals surface area contributed by atoms with Crippen LogP contribution in [0.4, 0.5) is 0 Å². The van der Waals surface area contributed by atoms with Gasteiger partial charge in [-0.15, -0.1) is 0 Å². The standard InChI is InChI=1S/C27H30N2O/c30-27(28-26-15-14-21-8-2-4-13-25(21)26)16-18-29-17-6-11-23(29)19-22-10-5-9-20-7-1-3-12-24(20)22/h1-5,7-10,12-13,23,26H,6,11,14-19H2,(H,28,30). The van der Waals surface area contributed by atoms with Crippen molar-refractivity contribution in [3.63, 3.8) is 0 Å². The topological polar surface area (TPSA) is 32.3 Å². The first-order valence-corrected chi connectivity index (χ1v) is 11.4. The molecule has 3 aromatic rings. The number of hydrogen-bond donors (Lipinski definition) is 1. The summed E-state index contributed by atoms with van der Waals surface area (Å²) in [5.41, 5.74) is 4.12. The fraction of sp³-hybridized carbons (Fsp3) is 0.370. The highest BCUT2D eigenvalue weighted by atomic mass is 16.1. The fourth-order valence-electron chi connectivity index (χ4n) is 5.36. The Kier molecular flexibility index (Phi) is 5.54. The molecule has 3 aromatic carbocycles. The van der Waals surface area contributed by atoms with Gasteiger partial charge in [-0.1, -0.05) is 66.7 Å². The van der Waals surface area contributed by atoms with E-state index in [1.165, 1.54) is 40.3 Å². The third-order valence-corrected chi connectivity index (χ3v) is 6.93. The van der Waals surface area contributed by atoms with Crippen LogP contribution in [0.3, 0.4) is 0 Å². The summed E-state index contributed by atoms with van der Waals surface area (Å²) in [7, 11) is 0. The Morgan fingerprint density at radius 2 is 1.80 bits per heavy atom. The third-order valence-electron chi connectivity index (χ3n) is 6.93. The molecule has 0 bridgehead atoms. The number of hydrogen-bond acceptors (Lipinski definition) is 2. The second-order valence-corrected chi connectivity index (χ2v) is 8.78. The first-order valence-electron chi connectivity index (χ1n) is 11.4. The number of likely N-dealkylation sites (tertiary alicyclic amines) is 1. The lowest BCUT2D eigenvalue weighted by molar-refractivity contribution is -0.122. The van der Waals surface area contributed by atoms with Crippen LogP contribution in [0.15, 0.2) is 66.7 Å². The van der Waals surface area contributed by atoms with Crippen molar-refractivity contribution in [2.24, 2.45) is 0 Å². The van der Waals surface area contributed by atoms with E-state index in [1.807, 2.05) is 0 Å². The first-order chi connectivity index (χ1) is 14.8. The van der Waals surface area contributed by atoms with E-state index >= 15 is 0 Å². The average molecular weight is 399 g/mol. The third kappa shape index (κ3) is 3.99. The zero-order valence-corrected chi connectivity index (χ0v) is 17.5. The zero-order chi connectivity index (χ0) is 20.3. The second-order valence-electron chi connectivity index (χ2n) is 8.78. The molecular weight excluding hydrogens is 368 g/mol. The van der Waals surface area contributed by atoms with Crippen molar-refractivity contribution < 1.29 is 4.79 Å². The van der Waals surface area contributed by atoms with Gasteiger partial charge in [0.1, 0.15) is 0 Å². The van der Waals surface area contributed by atoms with E-state index in [-0.39, 0.29) is 11.9 Å². The predicted octanol–water partition coefficient (Wildman–Crippen LogP) is 5.04. The van der Waals surface area contributed by atoms with Gasteiger partial charge in [0.05, 0.1) is 6.04 Å². The summed E-state index contributed by atoms with van der Waals surface area (Å²) < 4.78 is 0. The van der Waals surface area contributed by atoms with Crippen molar-refractivity contribution in [1.82, 2.24) is 10.2 Å². The largest absolute Gasteiger partial charge is 0.349 e. The minimum atomic E-state index is 0.188. The van der Waals surface area contributed by atoms with E-state index in [2.05, 4.69) is 76.9 Å². The van der Waals surface area contributed by atoms with Crippen LogP contribution in [0.2, 0.25) is 0 Å². The van der Waals surface area contributed by atoms with Gasteiger partial charge >= 0.3 is 0 Å². The lowest BCUT2D eigenvalue weighted by Crippen LogP contribution is -2.36. The number of nitrogens with zero attached hydrogens (tertiary/aromatic N) is 1.